The summed E-state index contributed by atoms with van der Waals surface area (Å²) in [6.45, 7) is 4.91. The number of hydrogen-bond donors (Lipinski definition) is 2. The van der Waals surface area contributed by atoms with Crippen LogP contribution in [0.5, 0.6) is 0 Å². The van der Waals surface area contributed by atoms with Gasteiger partial charge >= 0.3 is 0 Å². The molecule has 2 heterocycles. The lowest BCUT2D eigenvalue weighted by molar-refractivity contribution is 0.000122. The van der Waals surface area contributed by atoms with Crippen molar-refractivity contribution in [2.45, 2.75) is 32.0 Å². The molecule has 120 valence electrons. The molecule has 0 bridgehead atoms. The van der Waals surface area contributed by atoms with Gasteiger partial charge in [0.15, 0.2) is 12.2 Å². The summed E-state index contributed by atoms with van der Waals surface area (Å²) in [6, 6.07) is 0. The van der Waals surface area contributed by atoms with Gasteiger partial charge in [0.1, 0.15) is 13.2 Å². The minimum atomic E-state index is -0.118. The fraction of sp³-hybridized carbons (Fsp3) is 0.714. The van der Waals surface area contributed by atoms with E-state index >= 15 is 0 Å². The first kappa shape index (κ1) is 15.6. The van der Waals surface area contributed by atoms with Gasteiger partial charge in [-0.2, -0.15) is 0 Å². The first-order valence-corrected chi connectivity index (χ1v) is 7.34. The fourth-order valence-corrected chi connectivity index (χ4v) is 1.91. The molecule has 0 spiro atoms. The largest absolute Gasteiger partial charge is 0.460 e. The van der Waals surface area contributed by atoms with Crippen LogP contribution in [0, 0.1) is 0 Å². The number of hydrogen-bond acceptors (Lipinski definition) is 7. The van der Waals surface area contributed by atoms with Crippen LogP contribution in [-0.2, 0) is 23.7 Å². The lowest BCUT2D eigenvalue weighted by Gasteiger charge is -2.11. The summed E-state index contributed by atoms with van der Waals surface area (Å²) < 4.78 is 27.1. The predicted molar refractivity (Wildman–Crippen MR) is 75.7 cm³/mol. The maximum absolute atomic E-state index is 5.60. The molecule has 0 aliphatic carbocycles. The highest BCUT2D eigenvalue weighted by atomic mass is 16.7. The van der Waals surface area contributed by atoms with Gasteiger partial charge in [-0.25, -0.2) is 0 Å². The Morgan fingerprint density at radius 2 is 1.86 bits per heavy atom. The minimum Gasteiger partial charge on any atom is -0.460 e. The molecule has 0 radical (unpaired) electrons. The summed E-state index contributed by atoms with van der Waals surface area (Å²) in [5, 5.41) is 3.15. The van der Waals surface area contributed by atoms with Crippen LogP contribution in [0.15, 0.2) is 24.3 Å². The van der Waals surface area contributed by atoms with Crippen molar-refractivity contribution in [1.82, 2.24) is 5.32 Å². The minimum absolute atomic E-state index is 0.0870. The summed E-state index contributed by atoms with van der Waals surface area (Å²) in [6.07, 6.45) is 5.14. The zero-order chi connectivity index (χ0) is 14.9. The van der Waals surface area contributed by atoms with E-state index in [1.54, 1.807) is 6.20 Å². The smallest absolute Gasteiger partial charge is 0.296 e. The van der Waals surface area contributed by atoms with E-state index in [0.717, 1.165) is 19.4 Å². The van der Waals surface area contributed by atoms with Crippen molar-refractivity contribution in [3.05, 3.63) is 24.3 Å². The van der Waals surface area contributed by atoms with Gasteiger partial charge in [0.2, 0.25) is 0 Å². The normalized spacial score (nSPS) is 28.0. The summed E-state index contributed by atoms with van der Waals surface area (Å²) >= 11 is 0. The molecular weight excluding hydrogens is 276 g/mol. The van der Waals surface area contributed by atoms with Crippen LogP contribution in [0.1, 0.15) is 19.8 Å². The molecule has 21 heavy (non-hydrogen) atoms. The molecule has 2 aliphatic rings. The molecule has 0 saturated carbocycles. The Labute approximate surface area is 125 Å². The predicted octanol–water partition coefficient (Wildman–Crippen LogP) is 0.780. The van der Waals surface area contributed by atoms with E-state index < -0.39 is 0 Å². The second-order valence-electron chi connectivity index (χ2n) is 4.90. The zero-order valence-electron chi connectivity index (χ0n) is 12.4. The summed E-state index contributed by atoms with van der Waals surface area (Å²) in [5.41, 5.74) is 5.30. The molecule has 2 aliphatic heterocycles. The van der Waals surface area contributed by atoms with Gasteiger partial charge in [0, 0.05) is 6.54 Å². The highest BCUT2D eigenvalue weighted by molar-refractivity contribution is 4.88. The van der Waals surface area contributed by atoms with Crippen molar-refractivity contribution >= 4 is 0 Å². The number of nitrogens with two attached hydrogens (primary N) is 1. The van der Waals surface area contributed by atoms with E-state index in [-0.39, 0.29) is 12.2 Å². The van der Waals surface area contributed by atoms with Crippen molar-refractivity contribution in [2.75, 3.05) is 33.0 Å². The van der Waals surface area contributed by atoms with Gasteiger partial charge < -0.3 is 34.7 Å². The van der Waals surface area contributed by atoms with Crippen LogP contribution < -0.4 is 11.1 Å². The third-order valence-electron chi connectivity index (χ3n) is 3.03. The van der Waals surface area contributed by atoms with Crippen LogP contribution in [0.3, 0.4) is 0 Å². The van der Waals surface area contributed by atoms with E-state index in [2.05, 4.69) is 12.2 Å². The van der Waals surface area contributed by atoms with Crippen molar-refractivity contribution in [3.63, 3.8) is 0 Å². The lowest BCUT2D eigenvalue weighted by Crippen LogP contribution is -2.23. The average molecular weight is 300 g/mol. The number of ether oxygens (including phenoxy) is 5. The quantitative estimate of drug-likeness (QED) is 0.641. The van der Waals surface area contributed by atoms with Gasteiger partial charge in [-0.15, -0.1) is 0 Å². The van der Waals surface area contributed by atoms with E-state index in [4.69, 9.17) is 29.4 Å². The first-order chi connectivity index (χ1) is 10.3. The number of unbranched alkanes of at least 4 members (excludes halogenated alkanes) is 1. The molecule has 0 aromatic rings. The topological polar surface area (TPSA) is 84.2 Å². The molecule has 0 amide bonds. The van der Waals surface area contributed by atoms with E-state index in [1.165, 1.54) is 6.20 Å². The molecule has 2 rings (SSSR count). The van der Waals surface area contributed by atoms with Crippen LogP contribution in [0.25, 0.3) is 0 Å². The Morgan fingerprint density at radius 3 is 2.48 bits per heavy atom. The molecular formula is C14H24N2O5. The van der Waals surface area contributed by atoms with Crippen LogP contribution in [-0.4, -0.2) is 45.2 Å². The molecule has 7 heteroatoms. The summed E-state index contributed by atoms with van der Waals surface area (Å²) in [4.78, 5) is 0. The fourth-order valence-electron chi connectivity index (χ4n) is 1.91. The third kappa shape index (κ3) is 5.26. The van der Waals surface area contributed by atoms with Crippen LogP contribution in [0.4, 0.5) is 0 Å². The number of rotatable bonds is 8. The summed E-state index contributed by atoms with van der Waals surface area (Å²) in [7, 11) is 0. The highest BCUT2D eigenvalue weighted by Crippen LogP contribution is 2.16. The molecule has 2 fully saturated rings. The third-order valence-corrected chi connectivity index (χ3v) is 3.03. The van der Waals surface area contributed by atoms with E-state index in [1.807, 2.05) is 0 Å². The highest BCUT2D eigenvalue weighted by Gasteiger charge is 2.25. The Bertz CT molecular complexity index is 372. The van der Waals surface area contributed by atoms with Crippen molar-refractivity contribution < 1.29 is 23.7 Å². The SMILES string of the molecule is CCCCN/C=C1/OCC(COCC2CO/C(=C\N)O2)O1. The van der Waals surface area contributed by atoms with Crippen molar-refractivity contribution in [2.24, 2.45) is 5.73 Å². The van der Waals surface area contributed by atoms with Crippen molar-refractivity contribution in [3.8, 4) is 0 Å². The van der Waals surface area contributed by atoms with Gasteiger partial charge in [-0.1, -0.05) is 13.3 Å². The van der Waals surface area contributed by atoms with Gasteiger partial charge in [-0.05, 0) is 6.42 Å². The van der Waals surface area contributed by atoms with Gasteiger partial charge in [-0.3, -0.25) is 0 Å². The monoisotopic (exact) mass is 300 g/mol. The Morgan fingerprint density at radius 1 is 1.19 bits per heavy atom. The Balaban J connectivity index is 1.56. The van der Waals surface area contributed by atoms with Gasteiger partial charge in [0.05, 0.1) is 25.6 Å². The lowest BCUT2D eigenvalue weighted by atomic mass is 10.3. The molecule has 2 unspecified atom stereocenters. The molecule has 2 atom stereocenters. The van der Waals surface area contributed by atoms with Gasteiger partial charge in [0.25, 0.3) is 11.9 Å². The second kappa shape index (κ2) is 8.51. The molecule has 7 nitrogen and oxygen atoms in total. The maximum Gasteiger partial charge on any atom is 0.296 e. The first-order valence-electron chi connectivity index (χ1n) is 7.34. The van der Waals surface area contributed by atoms with Crippen LogP contribution in [0.2, 0.25) is 0 Å². The Hall–Kier alpha value is -1.76. The second-order valence-corrected chi connectivity index (χ2v) is 4.90. The van der Waals surface area contributed by atoms with Crippen molar-refractivity contribution in [1.29, 1.82) is 0 Å². The van der Waals surface area contributed by atoms with E-state index in [9.17, 15) is 0 Å². The molecule has 3 N–H and O–H groups in total. The average Bonchev–Trinajstić information content (AvgIpc) is 3.13. The zero-order valence-corrected chi connectivity index (χ0v) is 12.4. The Kier molecular flexibility index (Phi) is 6.33. The molecule has 0 aromatic heterocycles. The summed E-state index contributed by atoms with van der Waals surface area (Å²) in [5.74, 6) is 0.876. The van der Waals surface area contributed by atoms with E-state index in [0.29, 0.717) is 38.3 Å². The molecule has 0 aromatic carbocycles. The molecule has 2 saturated heterocycles. The standard InChI is InChI=1S/C14H24N2O5/c1-2-3-4-16-6-14-19-10-12(21-14)8-17-7-11-9-18-13(5-15)20-11/h5-6,11-12,16H,2-4,7-10,15H2,1H3/b13-5+,14-6-. The number of nitrogens with one attached hydrogen (secondary N) is 1. The maximum atomic E-state index is 5.60. The van der Waals surface area contributed by atoms with Crippen LogP contribution >= 0.6 is 0 Å².